The summed E-state index contributed by atoms with van der Waals surface area (Å²) in [5.41, 5.74) is 2.38. The van der Waals surface area contributed by atoms with Crippen molar-refractivity contribution in [3.8, 4) is 11.8 Å². The van der Waals surface area contributed by atoms with Crippen LogP contribution in [0.5, 0.6) is 5.75 Å². The van der Waals surface area contributed by atoms with Gasteiger partial charge >= 0.3 is 5.97 Å². The standard InChI is InChI=1S/C17H12ClNO4/c18-15-5-13-8-21-10-23-16(13)14(6-15)9-22-17(20)12-3-1-11(7-19)2-4-12/h1-6H,8-10H2. The number of nitriles is 1. The molecule has 0 atom stereocenters. The molecule has 2 aromatic carbocycles. The Hall–Kier alpha value is -2.55. The number of benzene rings is 2. The first-order valence-corrected chi connectivity index (χ1v) is 7.24. The molecular formula is C17H12ClNO4. The summed E-state index contributed by atoms with van der Waals surface area (Å²) in [5, 5.41) is 9.28. The van der Waals surface area contributed by atoms with Crippen LogP contribution in [-0.2, 0) is 22.7 Å². The second kappa shape index (κ2) is 6.69. The van der Waals surface area contributed by atoms with E-state index in [0.717, 1.165) is 5.56 Å². The molecule has 0 aromatic heterocycles. The number of nitrogens with zero attached hydrogens (tertiary/aromatic N) is 1. The maximum atomic E-state index is 12.1. The molecule has 116 valence electrons. The maximum Gasteiger partial charge on any atom is 0.338 e. The number of hydrogen-bond acceptors (Lipinski definition) is 5. The third-order valence-electron chi connectivity index (χ3n) is 3.36. The minimum Gasteiger partial charge on any atom is -0.467 e. The van der Waals surface area contributed by atoms with Crippen LogP contribution in [0.2, 0.25) is 5.02 Å². The van der Waals surface area contributed by atoms with Gasteiger partial charge in [-0.2, -0.15) is 5.26 Å². The van der Waals surface area contributed by atoms with E-state index in [4.69, 9.17) is 31.1 Å². The van der Waals surface area contributed by atoms with Crippen molar-refractivity contribution in [1.29, 1.82) is 5.26 Å². The Morgan fingerprint density at radius 1 is 1.30 bits per heavy atom. The lowest BCUT2D eigenvalue weighted by atomic mass is 10.1. The molecule has 6 heteroatoms. The predicted molar refractivity (Wildman–Crippen MR) is 82.0 cm³/mol. The first-order valence-electron chi connectivity index (χ1n) is 6.86. The van der Waals surface area contributed by atoms with Gasteiger partial charge in [-0.05, 0) is 36.4 Å². The zero-order valence-electron chi connectivity index (χ0n) is 12.0. The van der Waals surface area contributed by atoms with Gasteiger partial charge in [-0.15, -0.1) is 0 Å². The fraction of sp³-hybridized carbons (Fsp3) is 0.176. The van der Waals surface area contributed by atoms with Crippen LogP contribution < -0.4 is 4.74 Å². The van der Waals surface area contributed by atoms with Gasteiger partial charge in [0.1, 0.15) is 12.4 Å². The number of carbonyl (C=O) groups excluding carboxylic acids is 1. The first-order chi connectivity index (χ1) is 11.2. The summed E-state index contributed by atoms with van der Waals surface area (Å²) in [6.07, 6.45) is 0. The molecule has 1 heterocycles. The fourth-order valence-electron chi connectivity index (χ4n) is 2.27. The Bertz CT molecular complexity index is 780. The smallest absolute Gasteiger partial charge is 0.338 e. The minimum absolute atomic E-state index is 0.0434. The molecule has 0 aliphatic carbocycles. The zero-order chi connectivity index (χ0) is 16.2. The van der Waals surface area contributed by atoms with Crippen LogP contribution in [-0.4, -0.2) is 12.8 Å². The highest BCUT2D eigenvalue weighted by Gasteiger charge is 2.18. The van der Waals surface area contributed by atoms with Crippen LogP contribution in [0.25, 0.3) is 0 Å². The second-order valence-electron chi connectivity index (χ2n) is 4.93. The average molecular weight is 330 g/mol. The SMILES string of the molecule is N#Cc1ccc(C(=O)OCc2cc(Cl)cc3c2OCOC3)cc1. The molecule has 0 fully saturated rings. The number of hydrogen-bond donors (Lipinski definition) is 0. The lowest BCUT2D eigenvalue weighted by molar-refractivity contribution is -0.0180. The van der Waals surface area contributed by atoms with Gasteiger partial charge < -0.3 is 14.2 Å². The van der Waals surface area contributed by atoms with E-state index >= 15 is 0 Å². The highest BCUT2D eigenvalue weighted by atomic mass is 35.5. The third-order valence-corrected chi connectivity index (χ3v) is 3.58. The van der Waals surface area contributed by atoms with Crippen molar-refractivity contribution in [3.05, 3.63) is 63.7 Å². The van der Waals surface area contributed by atoms with E-state index in [1.807, 2.05) is 6.07 Å². The minimum atomic E-state index is -0.477. The summed E-state index contributed by atoms with van der Waals surface area (Å²) in [4.78, 5) is 12.1. The monoisotopic (exact) mass is 329 g/mol. The van der Waals surface area contributed by atoms with E-state index in [2.05, 4.69) is 0 Å². The third kappa shape index (κ3) is 3.45. The number of fused-ring (bicyclic) bond motifs is 1. The maximum absolute atomic E-state index is 12.1. The number of esters is 1. The van der Waals surface area contributed by atoms with E-state index in [9.17, 15) is 4.79 Å². The van der Waals surface area contributed by atoms with Crippen LogP contribution in [0.3, 0.4) is 0 Å². The molecule has 2 aromatic rings. The summed E-state index contributed by atoms with van der Waals surface area (Å²) < 4.78 is 16.0. The first kappa shape index (κ1) is 15.3. The van der Waals surface area contributed by atoms with Crippen LogP contribution in [0.4, 0.5) is 0 Å². The van der Waals surface area contributed by atoms with Crippen molar-refractivity contribution >= 4 is 17.6 Å². The molecule has 0 amide bonds. The van der Waals surface area contributed by atoms with Gasteiger partial charge in [0.15, 0.2) is 6.79 Å². The number of ether oxygens (including phenoxy) is 3. The van der Waals surface area contributed by atoms with E-state index in [-0.39, 0.29) is 13.4 Å². The number of rotatable bonds is 3. The number of carbonyl (C=O) groups is 1. The molecule has 0 bridgehead atoms. The summed E-state index contributed by atoms with van der Waals surface area (Å²) >= 11 is 6.07. The molecular weight excluding hydrogens is 318 g/mol. The summed E-state index contributed by atoms with van der Waals surface area (Å²) in [7, 11) is 0. The van der Waals surface area contributed by atoms with Gasteiger partial charge in [-0.25, -0.2) is 4.79 Å². The van der Waals surface area contributed by atoms with Gasteiger partial charge in [0.2, 0.25) is 0 Å². The largest absolute Gasteiger partial charge is 0.467 e. The topological polar surface area (TPSA) is 68.6 Å². The van der Waals surface area contributed by atoms with Crippen molar-refractivity contribution in [1.82, 2.24) is 0 Å². The molecule has 23 heavy (non-hydrogen) atoms. The molecule has 0 unspecified atom stereocenters. The lowest BCUT2D eigenvalue weighted by Crippen LogP contribution is -2.14. The van der Waals surface area contributed by atoms with Gasteiger partial charge in [0, 0.05) is 16.1 Å². The molecule has 0 spiro atoms. The van der Waals surface area contributed by atoms with Crippen molar-refractivity contribution in [2.45, 2.75) is 13.2 Å². The Kier molecular flexibility index (Phi) is 4.47. The molecule has 0 saturated carbocycles. The molecule has 0 N–H and O–H groups in total. The van der Waals surface area contributed by atoms with Crippen molar-refractivity contribution in [3.63, 3.8) is 0 Å². The second-order valence-corrected chi connectivity index (χ2v) is 5.37. The zero-order valence-corrected chi connectivity index (χ0v) is 12.8. The van der Waals surface area contributed by atoms with Crippen LogP contribution in [0, 0.1) is 11.3 Å². The Morgan fingerprint density at radius 2 is 2.09 bits per heavy atom. The lowest BCUT2D eigenvalue weighted by Gasteiger charge is -2.21. The van der Waals surface area contributed by atoms with E-state index < -0.39 is 5.97 Å². The Morgan fingerprint density at radius 3 is 2.83 bits per heavy atom. The van der Waals surface area contributed by atoms with Gasteiger partial charge in [0.05, 0.1) is 23.8 Å². The molecule has 3 rings (SSSR count). The normalized spacial score (nSPS) is 12.7. The molecule has 1 aliphatic heterocycles. The van der Waals surface area contributed by atoms with E-state index in [1.165, 1.54) is 0 Å². The Labute approximate surface area is 138 Å². The Balaban J connectivity index is 1.74. The van der Waals surface area contributed by atoms with Gasteiger partial charge in [-0.1, -0.05) is 11.6 Å². The van der Waals surface area contributed by atoms with Gasteiger partial charge in [0.25, 0.3) is 0 Å². The van der Waals surface area contributed by atoms with Crippen LogP contribution in [0.15, 0.2) is 36.4 Å². The van der Waals surface area contributed by atoms with Crippen molar-refractivity contribution < 1.29 is 19.0 Å². The van der Waals surface area contributed by atoms with Crippen molar-refractivity contribution in [2.75, 3.05) is 6.79 Å². The number of halogens is 1. The molecule has 5 nitrogen and oxygen atoms in total. The molecule has 0 saturated heterocycles. The fourth-order valence-corrected chi connectivity index (χ4v) is 2.53. The quantitative estimate of drug-likeness (QED) is 0.807. The highest BCUT2D eigenvalue weighted by Crippen LogP contribution is 2.32. The molecule has 1 aliphatic rings. The van der Waals surface area contributed by atoms with Crippen molar-refractivity contribution in [2.24, 2.45) is 0 Å². The highest BCUT2D eigenvalue weighted by molar-refractivity contribution is 6.30. The summed E-state index contributed by atoms with van der Waals surface area (Å²) in [6.45, 7) is 0.611. The molecule has 0 radical (unpaired) electrons. The van der Waals surface area contributed by atoms with Crippen LogP contribution in [0.1, 0.15) is 27.0 Å². The van der Waals surface area contributed by atoms with Crippen LogP contribution >= 0.6 is 11.6 Å². The van der Waals surface area contributed by atoms with E-state index in [1.54, 1.807) is 36.4 Å². The summed E-state index contributed by atoms with van der Waals surface area (Å²) in [6, 6.07) is 11.7. The predicted octanol–water partition coefficient (Wildman–Crippen LogP) is 3.44. The average Bonchev–Trinajstić information content (AvgIpc) is 2.59. The van der Waals surface area contributed by atoms with E-state index in [0.29, 0.717) is 34.1 Å². The van der Waals surface area contributed by atoms with Gasteiger partial charge in [-0.3, -0.25) is 0 Å². The summed E-state index contributed by atoms with van der Waals surface area (Å²) in [5.74, 6) is 0.170.